The van der Waals surface area contributed by atoms with Crippen LogP contribution < -0.4 is 4.90 Å². The summed E-state index contributed by atoms with van der Waals surface area (Å²) in [5.74, 6) is 1.17. The molecule has 1 spiro atoms. The van der Waals surface area contributed by atoms with E-state index in [4.69, 9.17) is 12.6 Å². The van der Waals surface area contributed by atoms with Crippen LogP contribution >= 0.6 is 24.4 Å². The number of nitrogens with zero attached hydrogens (tertiary/aromatic N) is 2. The Labute approximate surface area is 370 Å². The van der Waals surface area contributed by atoms with Gasteiger partial charge in [-0.05, 0) is 153 Å². The number of fused-ring (bicyclic) bond motifs is 12. The van der Waals surface area contributed by atoms with E-state index in [2.05, 4.69) is 205 Å². The van der Waals surface area contributed by atoms with Crippen molar-refractivity contribution in [1.29, 1.82) is 0 Å². The molecule has 0 amide bonds. The van der Waals surface area contributed by atoms with Gasteiger partial charge < -0.3 is 9.47 Å². The first kappa shape index (κ1) is 38.3. The molecule has 2 nitrogen and oxygen atoms in total. The summed E-state index contributed by atoms with van der Waals surface area (Å²) in [6.07, 6.45) is 9.42. The van der Waals surface area contributed by atoms with Crippen LogP contribution in [0.3, 0.4) is 0 Å². The second-order valence-electron chi connectivity index (χ2n) is 16.9. The largest absolute Gasteiger partial charge is 0.310 e. The molecule has 0 saturated heterocycles. The van der Waals surface area contributed by atoms with Crippen molar-refractivity contribution in [2.24, 2.45) is 0 Å². The second-order valence-corrected chi connectivity index (χ2v) is 18.7. The SMILES string of the molecule is CCCCSC1=CC2=C(CC1)c1ccc(C(S)CCC)cc1C21c2ccccc2-c2ccc(N(c3ccccc3)c3ccc(-n4c5ccccc5c5ccccc54)cc3)cc21. The molecule has 300 valence electrons. The van der Waals surface area contributed by atoms with Crippen molar-refractivity contribution >= 4 is 68.8 Å². The summed E-state index contributed by atoms with van der Waals surface area (Å²) in [5, 5.41) is 2.74. The van der Waals surface area contributed by atoms with E-state index in [0.29, 0.717) is 0 Å². The van der Waals surface area contributed by atoms with E-state index >= 15 is 0 Å². The number of para-hydroxylation sites is 3. The monoisotopic (exact) mass is 826 g/mol. The Morgan fingerprint density at radius 2 is 1.25 bits per heavy atom. The molecule has 3 aliphatic carbocycles. The van der Waals surface area contributed by atoms with Crippen molar-refractivity contribution in [3.05, 3.63) is 208 Å². The second kappa shape index (κ2) is 15.7. The van der Waals surface area contributed by atoms with Gasteiger partial charge in [0.25, 0.3) is 0 Å². The van der Waals surface area contributed by atoms with Crippen molar-refractivity contribution in [2.75, 3.05) is 10.7 Å². The minimum absolute atomic E-state index is 0.196. The van der Waals surface area contributed by atoms with E-state index in [9.17, 15) is 0 Å². The van der Waals surface area contributed by atoms with Crippen molar-refractivity contribution in [1.82, 2.24) is 4.57 Å². The first-order chi connectivity index (χ1) is 30.1. The highest BCUT2D eigenvalue weighted by molar-refractivity contribution is 8.03. The summed E-state index contributed by atoms with van der Waals surface area (Å²) in [4.78, 5) is 3.97. The van der Waals surface area contributed by atoms with Gasteiger partial charge in [0.05, 0.1) is 16.4 Å². The smallest absolute Gasteiger partial charge is 0.0723 e. The zero-order valence-electron chi connectivity index (χ0n) is 34.9. The maximum Gasteiger partial charge on any atom is 0.0723 e. The van der Waals surface area contributed by atoms with E-state index in [0.717, 1.165) is 48.4 Å². The maximum absolute atomic E-state index is 5.20. The third kappa shape index (κ3) is 6.09. The molecule has 11 rings (SSSR count). The van der Waals surface area contributed by atoms with Crippen LogP contribution in [0.15, 0.2) is 180 Å². The maximum atomic E-state index is 5.20. The summed E-state index contributed by atoms with van der Waals surface area (Å²) >= 11 is 7.27. The topological polar surface area (TPSA) is 8.17 Å². The molecule has 0 saturated carbocycles. The van der Waals surface area contributed by atoms with Crippen LogP contribution in [0.2, 0.25) is 0 Å². The molecule has 0 N–H and O–H groups in total. The average molecular weight is 827 g/mol. The van der Waals surface area contributed by atoms with Crippen LogP contribution in [0.5, 0.6) is 0 Å². The lowest BCUT2D eigenvalue weighted by molar-refractivity contribution is 0.761. The lowest BCUT2D eigenvalue weighted by Crippen LogP contribution is -2.28. The number of aromatic nitrogens is 1. The number of rotatable bonds is 11. The molecule has 7 aromatic carbocycles. The summed E-state index contributed by atoms with van der Waals surface area (Å²) in [5.41, 5.74) is 19.2. The number of thiol groups is 1. The minimum Gasteiger partial charge on any atom is -0.310 e. The fraction of sp³-hybridized carbons (Fsp3) is 0.193. The van der Waals surface area contributed by atoms with E-state index < -0.39 is 5.41 Å². The van der Waals surface area contributed by atoms with Crippen LogP contribution in [0.1, 0.15) is 85.4 Å². The predicted molar refractivity (Wildman–Crippen MR) is 265 cm³/mol. The molecule has 8 aromatic rings. The molecule has 2 unspecified atom stereocenters. The fourth-order valence-corrected chi connectivity index (χ4v) is 12.2. The molecular weight excluding hydrogens is 777 g/mol. The quantitative estimate of drug-likeness (QED) is 0.103. The van der Waals surface area contributed by atoms with Crippen LogP contribution in [0, 0.1) is 0 Å². The van der Waals surface area contributed by atoms with Crippen LogP contribution in [0.4, 0.5) is 17.1 Å². The lowest BCUT2D eigenvalue weighted by atomic mass is 9.68. The van der Waals surface area contributed by atoms with Crippen molar-refractivity contribution in [3.8, 4) is 16.8 Å². The third-order valence-electron chi connectivity index (χ3n) is 13.4. The predicted octanol–water partition coefficient (Wildman–Crippen LogP) is 16.3. The number of hydrogen-bond acceptors (Lipinski definition) is 3. The van der Waals surface area contributed by atoms with Gasteiger partial charge in [-0.25, -0.2) is 0 Å². The van der Waals surface area contributed by atoms with Gasteiger partial charge in [0.15, 0.2) is 0 Å². The molecule has 4 heteroatoms. The summed E-state index contributed by atoms with van der Waals surface area (Å²) in [6, 6.07) is 61.4. The van der Waals surface area contributed by atoms with E-state index in [1.807, 2.05) is 0 Å². The van der Waals surface area contributed by atoms with Gasteiger partial charge in [0, 0.05) is 38.8 Å². The minimum atomic E-state index is -0.429. The lowest BCUT2D eigenvalue weighted by Gasteiger charge is -2.34. The first-order valence-corrected chi connectivity index (χ1v) is 23.7. The number of benzene rings is 7. The zero-order chi connectivity index (χ0) is 41.1. The molecule has 0 bridgehead atoms. The molecule has 2 atom stereocenters. The van der Waals surface area contributed by atoms with Crippen molar-refractivity contribution in [2.45, 2.75) is 63.0 Å². The number of thioether (sulfide) groups is 1. The van der Waals surface area contributed by atoms with Gasteiger partial charge in [-0.15, -0.1) is 11.8 Å². The Kier molecular flexibility index (Phi) is 9.82. The number of allylic oxidation sites excluding steroid dienone is 4. The number of unbranched alkanes of at least 4 members (excludes halogenated alkanes) is 1. The van der Waals surface area contributed by atoms with Gasteiger partial charge in [-0.1, -0.05) is 130 Å². The summed E-state index contributed by atoms with van der Waals surface area (Å²) in [6.45, 7) is 4.56. The first-order valence-electron chi connectivity index (χ1n) is 22.2. The van der Waals surface area contributed by atoms with E-state index in [-0.39, 0.29) is 5.25 Å². The molecule has 1 heterocycles. The fourth-order valence-electron chi connectivity index (χ4n) is 10.7. The Morgan fingerprint density at radius 3 is 2.00 bits per heavy atom. The van der Waals surface area contributed by atoms with Crippen LogP contribution in [-0.4, -0.2) is 10.3 Å². The number of hydrogen-bond donors (Lipinski definition) is 1. The molecular formula is C57H50N2S2. The molecule has 61 heavy (non-hydrogen) atoms. The molecule has 0 fully saturated rings. The van der Waals surface area contributed by atoms with Gasteiger partial charge in [-0.2, -0.15) is 12.6 Å². The molecule has 3 aliphatic rings. The Morgan fingerprint density at radius 1 is 0.607 bits per heavy atom. The average Bonchev–Trinajstić information content (AvgIpc) is 3.91. The number of anilines is 3. The van der Waals surface area contributed by atoms with Crippen LogP contribution in [-0.2, 0) is 5.41 Å². The van der Waals surface area contributed by atoms with E-state index in [1.54, 1.807) is 0 Å². The zero-order valence-corrected chi connectivity index (χ0v) is 36.7. The van der Waals surface area contributed by atoms with Gasteiger partial charge in [0.2, 0.25) is 0 Å². The highest BCUT2D eigenvalue weighted by Crippen LogP contribution is 2.65. The van der Waals surface area contributed by atoms with Gasteiger partial charge in [-0.3, -0.25) is 0 Å². The van der Waals surface area contributed by atoms with Gasteiger partial charge >= 0.3 is 0 Å². The Hall–Kier alpha value is -5.68. The van der Waals surface area contributed by atoms with Crippen molar-refractivity contribution in [3.63, 3.8) is 0 Å². The molecule has 1 aromatic heterocycles. The summed E-state index contributed by atoms with van der Waals surface area (Å²) < 4.78 is 2.40. The molecule has 0 aliphatic heterocycles. The third-order valence-corrected chi connectivity index (χ3v) is 15.1. The van der Waals surface area contributed by atoms with Gasteiger partial charge in [0.1, 0.15) is 0 Å². The normalized spacial score (nSPS) is 16.7. The summed E-state index contributed by atoms with van der Waals surface area (Å²) in [7, 11) is 0. The molecule has 0 radical (unpaired) electrons. The van der Waals surface area contributed by atoms with Crippen molar-refractivity contribution < 1.29 is 0 Å². The Bertz CT molecular complexity index is 2970. The highest BCUT2D eigenvalue weighted by Gasteiger charge is 2.53. The van der Waals surface area contributed by atoms with Crippen LogP contribution in [0.25, 0.3) is 44.2 Å². The Balaban J connectivity index is 1.11. The highest BCUT2D eigenvalue weighted by atomic mass is 32.2. The van der Waals surface area contributed by atoms with E-state index in [1.165, 1.54) is 95.4 Å². The standard InChI is InChI=1S/C57H50N2S2/c1-3-5-34-61-43-30-33-47-45-31-24-38(56(60)15-4-2)35-51(45)57(53(47)37-43)50-21-12-9-18-44(50)46-32-29-42(36-52(46)57)58(39-16-7-6-8-17-39)40-25-27-41(28-26-40)59-54-22-13-10-19-48(54)49-20-11-14-23-55(49)59/h6-14,16-29,31-32,35-37,56,60H,3-5,15,30,33-34H2,1-2H3.